The number of hydrogen-bond donors (Lipinski definition) is 2. The van der Waals surface area contributed by atoms with Crippen LogP contribution in [0.4, 0.5) is 5.82 Å². The van der Waals surface area contributed by atoms with Crippen molar-refractivity contribution in [3.05, 3.63) is 41.0 Å². The van der Waals surface area contributed by atoms with Crippen LogP contribution in [-0.4, -0.2) is 21.9 Å². The molecule has 0 aliphatic heterocycles. The molecule has 0 spiro atoms. The summed E-state index contributed by atoms with van der Waals surface area (Å²) in [6.07, 6.45) is 1.66. The molecule has 0 radical (unpaired) electrons. The van der Waals surface area contributed by atoms with Crippen LogP contribution >= 0.6 is 15.9 Å². The summed E-state index contributed by atoms with van der Waals surface area (Å²) in [7, 11) is 0. The summed E-state index contributed by atoms with van der Waals surface area (Å²) >= 11 is 3.39. The third-order valence-electron chi connectivity index (χ3n) is 3.03. The van der Waals surface area contributed by atoms with Crippen LogP contribution in [0.5, 0.6) is 0 Å². The number of amides is 1. The number of anilines is 1. The zero-order chi connectivity index (χ0) is 15.4. The van der Waals surface area contributed by atoms with Crippen molar-refractivity contribution in [3.63, 3.8) is 0 Å². The number of nitrogens with two attached hydrogens (primary N) is 1. The Morgan fingerprint density at radius 2 is 1.90 bits per heavy atom. The fourth-order valence-corrected chi connectivity index (χ4v) is 2.17. The maximum Gasteiger partial charge on any atom is 0.240 e. The predicted octanol–water partition coefficient (Wildman–Crippen LogP) is 2.83. The molecule has 0 unspecified atom stereocenters. The number of carbonyl (C=O) groups excluding carboxylic acids is 1. The van der Waals surface area contributed by atoms with E-state index in [-0.39, 0.29) is 5.92 Å². The maximum atomic E-state index is 11.4. The molecule has 1 atom stereocenters. The second-order valence-corrected chi connectivity index (χ2v) is 5.96. The van der Waals surface area contributed by atoms with E-state index in [2.05, 4.69) is 31.2 Å². The van der Waals surface area contributed by atoms with Gasteiger partial charge in [0, 0.05) is 16.2 Å². The largest absolute Gasteiger partial charge is 0.368 e. The molecule has 0 saturated heterocycles. The van der Waals surface area contributed by atoms with Gasteiger partial charge in [-0.25, -0.2) is 9.97 Å². The van der Waals surface area contributed by atoms with Crippen LogP contribution in [0, 0.1) is 5.92 Å². The van der Waals surface area contributed by atoms with Crippen molar-refractivity contribution in [2.24, 2.45) is 11.7 Å². The minimum Gasteiger partial charge on any atom is -0.368 e. The monoisotopic (exact) mass is 348 g/mol. The Labute approximate surface area is 132 Å². The van der Waals surface area contributed by atoms with Crippen molar-refractivity contribution < 1.29 is 4.79 Å². The van der Waals surface area contributed by atoms with Gasteiger partial charge in [-0.3, -0.25) is 4.79 Å². The lowest BCUT2D eigenvalue weighted by Gasteiger charge is -2.19. The van der Waals surface area contributed by atoms with Gasteiger partial charge in [0.15, 0.2) is 5.82 Å². The van der Waals surface area contributed by atoms with Crippen LogP contribution in [0.1, 0.15) is 13.8 Å². The predicted molar refractivity (Wildman–Crippen MR) is 86.6 cm³/mol. The number of benzene rings is 1. The molecular weight excluding hydrogens is 332 g/mol. The highest BCUT2D eigenvalue weighted by Gasteiger charge is 2.19. The summed E-state index contributed by atoms with van der Waals surface area (Å²) in [4.78, 5) is 20.1. The molecule has 0 bridgehead atoms. The molecule has 1 aromatic heterocycles. The normalized spacial score (nSPS) is 12.2. The van der Waals surface area contributed by atoms with Crippen molar-refractivity contribution in [2.75, 3.05) is 5.32 Å². The molecule has 6 heteroatoms. The van der Waals surface area contributed by atoms with Crippen molar-refractivity contribution in [1.29, 1.82) is 0 Å². The van der Waals surface area contributed by atoms with Crippen LogP contribution in [0.3, 0.4) is 0 Å². The number of primary amides is 1. The molecule has 1 aromatic carbocycles. The van der Waals surface area contributed by atoms with E-state index in [0.29, 0.717) is 11.6 Å². The van der Waals surface area contributed by atoms with E-state index in [9.17, 15) is 4.79 Å². The molecule has 1 heterocycles. The summed E-state index contributed by atoms with van der Waals surface area (Å²) in [5.74, 6) is 0.863. The summed E-state index contributed by atoms with van der Waals surface area (Å²) < 4.78 is 0.995. The molecule has 3 N–H and O–H groups in total. The molecule has 2 aromatic rings. The lowest BCUT2D eigenvalue weighted by Crippen LogP contribution is -2.39. The van der Waals surface area contributed by atoms with E-state index >= 15 is 0 Å². The van der Waals surface area contributed by atoms with Gasteiger partial charge in [-0.05, 0) is 24.1 Å². The number of hydrogen-bond acceptors (Lipinski definition) is 4. The lowest BCUT2D eigenvalue weighted by atomic mass is 10.0. The molecule has 110 valence electrons. The summed E-state index contributed by atoms with van der Waals surface area (Å²) in [5, 5.41) is 3.06. The van der Waals surface area contributed by atoms with Gasteiger partial charge in [0.1, 0.15) is 11.9 Å². The first kappa shape index (κ1) is 15.4. The Balaban J connectivity index is 2.25. The molecule has 2 rings (SSSR count). The summed E-state index contributed by atoms with van der Waals surface area (Å²) in [6, 6.07) is 8.98. The molecular formula is C15H17BrN4O. The fourth-order valence-electron chi connectivity index (χ4n) is 1.90. The Kier molecular flexibility index (Phi) is 4.90. The highest BCUT2D eigenvalue weighted by molar-refractivity contribution is 9.10. The second kappa shape index (κ2) is 6.67. The van der Waals surface area contributed by atoms with E-state index in [1.165, 1.54) is 0 Å². The highest BCUT2D eigenvalue weighted by atomic mass is 79.9. The van der Waals surface area contributed by atoms with Crippen molar-refractivity contribution in [2.45, 2.75) is 19.9 Å². The Hall–Kier alpha value is -1.95. The van der Waals surface area contributed by atoms with Gasteiger partial charge in [0.05, 0.1) is 0 Å². The summed E-state index contributed by atoms with van der Waals surface area (Å²) in [6.45, 7) is 3.86. The van der Waals surface area contributed by atoms with Gasteiger partial charge < -0.3 is 11.1 Å². The number of rotatable bonds is 5. The first-order chi connectivity index (χ1) is 9.97. The topological polar surface area (TPSA) is 80.9 Å². The van der Waals surface area contributed by atoms with Crippen molar-refractivity contribution in [3.8, 4) is 11.4 Å². The molecule has 21 heavy (non-hydrogen) atoms. The first-order valence-corrected chi connectivity index (χ1v) is 7.41. The van der Waals surface area contributed by atoms with Crippen molar-refractivity contribution >= 4 is 27.7 Å². The molecule has 0 fully saturated rings. The van der Waals surface area contributed by atoms with E-state index in [4.69, 9.17) is 5.73 Å². The lowest BCUT2D eigenvalue weighted by molar-refractivity contribution is -0.119. The Morgan fingerprint density at radius 1 is 1.24 bits per heavy atom. The minimum atomic E-state index is -0.460. The number of nitrogens with zero attached hydrogens (tertiary/aromatic N) is 2. The number of halogens is 1. The Bertz CT molecular complexity index is 628. The smallest absolute Gasteiger partial charge is 0.240 e. The molecule has 0 aliphatic rings. The maximum absolute atomic E-state index is 11.4. The van der Waals surface area contributed by atoms with Crippen LogP contribution < -0.4 is 11.1 Å². The van der Waals surface area contributed by atoms with E-state index in [0.717, 1.165) is 10.0 Å². The average molecular weight is 349 g/mol. The Morgan fingerprint density at radius 3 is 2.48 bits per heavy atom. The number of carbonyl (C=O) groups is 1. The molecule has 0 aliphatic carbocycles. The van der Waals surface area contributed by atoms with Crippen LogP contribution in [0.15, 0.2) is 41.0 Å². The zero-order valence-corrected chi connectivity index (χ0v) is 13.5. The van der Waals surface area contributed by atoms with Gasteiger partial charge in [-0.15, -0.1) is 0 Å². The SMILES string of the molecule is CC(C)[C@@H](Nc1ccnc(-c2ccc(Br)cc2)n1)C(N)=O. The molecule has 0 saturated carbocycles. The average Bonchev–Trinajstić information content (AvgIpc) is 2.45. The standard InChI is InChI=1S/C15H17BrN4O/c1-9(2)13(14(17)21)19-12-7-8-18-15(20-12)10-3-5-11(16)6-4-10/h3-9,13H,1-2H3,(H2,17,21)(H,18,19,20)/t13-/m1/s1. The molecule has 5 nitrogen and oxygen atoms in total. The van der Waals surface area contributed by atoms with Gasteiger partial charge >= 0.3 is 0 Å². The fraction of sp³-hybridized carbons (Fsp3) is 0.267. The van der Waals surface area contributed by atoms with Gasteiger partial charge in [-0.2, -0.15) is 0 Å². The minimum absolute atomic E-state index is 0.0774. The third-order valence-corrected chi connectivity index (χ3v) is 3.56. The number of nitrogens with one attached hydrogen (secondary N) is 1. The summed E-state index contributed by atoms with van der Waals surface area (Å²) in [5.41, 5.74) is 6.31. The quantitative estimate of drug-likeness (QED) is 0.870. The van der Waals surface area contributed by atoms with Crippen LogP contribution in [0.2, 0.25) is 0 Å². The van der Waals surface area contributed by atoms with E-state index in [1.54, 1.807) is 12.3 Å². The van der Waals surface area contributed by atoms with E-state index < -0.39 is 11.9 Å². The van der Waals surface area contributed by atoms with Crippen LogP contribution in [-0.2, 0) is 4.79 Å². The third kappa shape index (κ3) is 4.01. The molecule has 1 amide bonds. The van der Waals surface area contributed by atoms with Gasteiger partial charge in [-0.1, -0.05) is 41.9 Å². The zero-order valence-electron chi connectivity index (χ0n) is 11.9. The first-order valence-electron chi connectivity index (χ1n) is 6.62. The second-order valence-electron chi connectivity index (χ2n) is 5.04. The van der Waals surface area contributed by atoms with Crippen LogP contribution in [0.25, 0.3) is 11.4 Å². The van der Waals surface area contributed by atoms with Gasteiger partial charge in [0.25, 0.3) is 0 Å². The highest BCUT2D eigenvalue weighted by Crippen LogP contribution is 2.20. The van der Waals surface area contributed by atoms with E-state index in [1.807, 2.05) is 38.1 Å². The van der Waals surface area contributed by atoms with Crippen molar-refractivity contribution in [1.82, 2.24) is 9.97 Å². The number of aromatic nitrogens is 2. The van der Waals surface area contributed by atoms with Gasteiger partial charge in [0.2, 0.25) is 5.91 Å².